The number of nitrogens with zero attached hydrogens (tertiary/aromatic N) is 5. The molecule has 0 fully saturated rings. The normalized spacial score (nSPS) is 12.6. The molecule has 6 aromatic carbocycles. The van der Waals surface area contributed by atoms with E-state index in [0.717, 1.165) is 82.1 Å². The van der Waals surface area contributed by atoms with Crippen molar-refractivity contribution in [3.63, 3.8) is 0 Å². The van der Waals surface area contributed by atoms with E-state index in [4.69, 9.17) is 15.7 Å². The van der Waals surface area contributed by atoms with Gasteiger partial charge < -0.3 is 5.73 Å². The van der Waals surface area contributed by atoms with E-state index in [-0.39, 0.29) is 28.2 Å². The van der Waals surface area contributed by atoms with E-state index in [9.17, 15) is 10.1 Å². The third-order valence-corrected chi connectivity index (χ3v) is 18.9. The van der Waals surface area contributed by atoms with Crippen molar-refractivity contribution in [3.8, 4) is 34.8 Å². The molecule has 460 valence electrons. The Kier molecular flexibility index (Phi) is 22.4. The molecule has 2 atom stereocenters. The minimum atomic E-state index is -0.400. The molecule has 0 radical (unpaired) electrons. The second-order valence-electron chi connectivity index (χ2n) is 25.6. The summed E-state index contributed by atoms with van der Waals surface area (Å²) in [5.41, 5.74) is 12.5. The fraction of sp³-hybridized carbons (Fsp3) is 0.487. The molecule has 10 rings (SSSR count). The van der Waals surface area contributed by atoms with Crippen molar-refractivity contribution in [2.75, 3.05) is 5.73 Å². The predicted octanol–water partition coefficient (Wildman–Crippen LogP) is 21.2. The number of hydrogen-bond donors (Lipinski definition) is 1. The first-order chi connectivity index (χ1) is 43.1. The van der Waals surface area contributed by atoms with Crippen molar-refractivity contribution in [3.05, 3.63) is 127 Å². The molecule has 2 N–H and O–H groups in total. The van der Waals surface area contributed by atoms with Crippen LogP contribution in [-0.2, 0) is 0 Å². The maximum atomic E-state index is 15.0. The van der Waals surface area contributed by atoms with Crippen molar-refractivity contribution in [2.24, 2.45) is 11.8 Å². The SMILES string of the molecule is CCCCCCCCCCC(C#Cc1cc(N)c2nc3c4cccc5c(-c6ccc7c8c6cccc8c(=O)n6c8cc(C#CC(CCCCCCCC)CCCCCCCCCC)cc([N+](=O)[O-])c8nc76)ccc(c(=O)n3c2c1)c54)CCCCCCCC. The van der Waals surface area contributed by atoms with Crippen LogP contribution in [0, 0.1) is 45.6 Å². The Hall–Kier alpha value is -7.56. The number of nitrogen functional groups attached to an aromatic ring is 1. The number of rotatable bonds is 34. The molecule has 0 saturated heterocycles. The Morgan fingerprint density at radius 3 is 1.24 bits per heavy atom. The Bertz CT molecular complexity index is 4270. The minimum absolute atomic E-state index is 0.161. The smallest absolute Gasteiger partial charge is 0.298 e. The van der Waals surface area contributed by atoms with Crippen LogP contribution in [0.25, 0.3) is 87.6 Å². The van der Waals surface area contributed by atoms with Gasteiger partial charge >= 0.3 is 0 Å². The molecular formula is C78H94N6O4. The maximum absolute atomic E-state index is 15.0. The van der Waals surface area contributed by atoms with Gasteiger partial charge in [-0.15, -0.1) is 0 Å². The average molecular weight is 1180 g/mol. The summed E-state index contributed by atoms with van der Waals surface area (Å²) in [5.74, 6) is 14.7. The second kappa shape index (κ2) is 31.1. The zero-order chi connectivity index (χ0) is 61.4. The Morgan fingerprint density at radius 2 is 0.795 bits per heavy atom. The van der Waals surface area contributed by atoms with E-state index in [0.29, 0.717) is 61.2 Å². The second-order valence-corrected chi connectivity index (χ2v) is 25.6. The molecule has 0 aliphatic rings. The average Bonchev–Trinajstić information content (AvgIpc) is 1.47. The van der Waals surface area contributed by atoms with Gasteiger partial charge in [0, 0.05) is 61.3 Å². The van der Waals surface area contributed by atoms with Crippen LogP contribution in [0.1, 0.15) is 244 Å². The van der Waals surface area contributed by atoms with Crippen LogP contribution >= 0.6 is 0 Å². The lowest BCUT2D eigenvalue weighted by atomic mass is 9.90. The van der Waals surface area contributed by atoms with Gasteiger partial charge in [0.1, 0.15) is 16.8 Å². The fourth-order valence-electron chi connectivity index (χ4n) is 14.0. The molecule has 0 amide bonds. The van der Waals surface area contributed by atoms with Gasteiger partial charge in [-0.3, -0.25) is 28.5 Å². The third-order valence-electron chi connectivity index (χ3n) is 18.9. The van der Waals surface area contributed by atoms with Crippen LogP contribution in [0.3, 0.4) is 0 Å². The minimum Gasteiger partial charge on any atom is -0.397 e. The molecule has 4 aromatic heterocycles. The van der Waals surface area contributed by atoms with Crippen LogP contribution in [-0.4, -0.2) is 23.7 Å². The van der Waals surface area contributed by atoms with Gasteiger partial charge in [0.25, 0.3) is 16.8 Å². The van der Waals surface area contributed by atoms with E-state index in [1.165, 1.54) is 173 Å². The summed E-state index contributed by atoms with van der Waals surface area (Å²) in [7, 11) is 0. The Balaban J connectivity index is 0.976. The van der Waals surface area contributed by atoms with Crippen LogP contribution in [0.15, 0.2) is 94.5 Å². The fourth-order valence-corrected chi connectivity index (χ4v) is 14.0. The molecule has 10 aromatic rings. The van der Waals surface area contributed by atoms with E-state index in [1.807, 2.05) is 78.9 Å². The largest absolute Gasteiger partial charge is 0.397 e. The van der Waals surface area contributed by atoms with Gasteiger partial charge in [0.2, 0.25) is 0 Å². The topological polar surface area (TPSA) is 138 Å². The number of anilines is 1. The van der Waals surface area contributed by atoms with Crippen molar-refractivity contribution >= 4 is 87.8 Å². The van der Waals surface area contributed by atoms with Gasteiger partial charge in [-0.25, -0.2) is 9.97 Å². The van der Waals surface area contributed by atoms with Crippen LogP contribution in [0.4, 0.5) is 11.4 Å². The van der Waals surface area contributed by atoms with Crippen LogP contribution < -0.4 is 16.9 Å². The number of imidazole rings is 2. The van der Waals surface area contributed by atoms with Crippen molar-refractivity contribution in [1.82, 2.24) is 18.8 Å². The van der Waals surface area contributed by atoms with Crippen LogP contribution in [0.5, 0.6) is 0 Å². The van der Waals surface area contributed by atoms with E-state index in [1.54, 1.807) is 8.80 Å². The highest BCUT2D eigenvalue weighted by molar-refractivity contribution is 6.24. The summed E-state index contributed by atoms with van der Waals surface area (Å²) >= 11 is 0. The van der Waals surface area contributed by atoms with Crippen molar-refractivity contribution < 1.29 is 4.92 Å². The molecule has 4 heterocycles. The highest BCUT2D eigenvalue weighted by Gasteiger charge is 2.26. The first-order valence-electron chi connectivity index (χ1n) is 34.4. The Morgan fingerprint density at radius 1 is 0.443 bits per heavy atom. The molecule has 0 saturated carbocycles. The monoisotopic (exact) mass is 1180 g/mol. The van der Waals surface area contributed by atoms with Gasteiger partial charge in [-0.1, -0.05) is 274 Å². The zero-order valence-electron chi connectivity index (χ0n) is 53.3. The van der Waals surface area contributed by atoms with E-state index >= 15 is 9.59 Å². The van der Waals surface area contributed by atoms with Gasteiger partial charge in [-0.05, 0) is 84.0 Å². The molecular weight excluding hydrogens is 1080 g/mol. The van der Waals surface area contributed by atoms with E-state index < -0.39 is 4.92 Å². The van der Waals surface area contributed by atoms with Crippen LogP contribution in [0.2, 0.25) is 0 Å². The molecule has 10 heteroatoms. The maximum Gasteiger partial charge on any atom is 0.298 e. The summed E-state index contributed by atoms with van der Waals surface area (Å²) in [4.78, 5) is 52.6. The number of nitro benzene ring substituents is 1. The standard InChI is InChI=1S/C78H94N6O4/c1-5-9-13-17-21-23-27-31-37-55(35-29-25-19-15-11-7-3)43-45-57-51-67(79)73-68(52-57)82-75(80-73)63-41-33-39-61-60(48-50-66(71(61)63)78(82)86)59-47-49-64-72-62(59)40-34-42-65(72)77(85)83-69-53-58(54-70(84(87)88)74(69)81-76(64)83)46-44-56(36-30-26-20-16-12-8-4)38-32-28-24-22-18-14-10-6-2/h33-34,39-42,47-56H,5-32,35-38,79H2,1-4H3. The first kappa shape index (κ1) is 63.5. The number of benzene rings is 6. The van der Waals surface area contributed by atoms with Gasteiger partial charge in [0.15, 0.2) is 5.52 Å². The highest BCUT2D eigenvalue weighted by atomic mass is 16.6. The number of pyridine rings is 2. The van der Waals surface area contributed by atoms with Crippen molar-refractivity contribution in [1.29, 1.82) is 0 Å². The Labute approximate surface area is 521 Å². The number of nitrogens with two attached hydrogens (primary N) is 1. The summed E-state index contributed by atoms with van der Waals surface area (Å²) in [6, 6.07) is 27.0. The molecule has 0 aliphatic heterocycles. The number of unbranched alkanes of at least 4 members (excludes halogenated alkanes) is 24. The molecule has 10 nitrogen and oxygen atoms in total. The molecule has 0 spiro atoms. The summed E-state index contributed by atoms with van der Waals surface area (Å²) < 4.78 is 3.27. The summed E-state index contributed by atoms with van der Waals surface area (Å²) in [6.45, 7) is 9.03. The van der Waals surface area contributed by atoms with E-state index in [2.05, 4.69) is 51.4 Å². The number of aromatic nitrogens is 4. The quantitative estimate of drug-likeness (QED) is 0.0139. The lowest BCUT2D eigenvalue weighted by Gasteiger charge is -2.15. The van der Waals surface area contributed by atoms with Crippen molar-refractivity contribution in [2.45, 2.75) is 233 Å². The number of fused-ring (bicyclic) bond motifs is 8. The molecule has 0 aliphatic carbocycles. The first-order valence-corrected chi connectivity index (χ1v) is 34.4. The highest BCUT2D eigenvalue weighted by Crippen LogP contribution is 2.42. The van der Waals surface area contributed by atoms with Gasteiger partial charge in [-0.2, -0.15) is 0 Å². The molecule has 0 bridgehead atoms. The third kappa shape index (κ3) is 14.4. The number of non-ortho nitro benzene ring substituents is 1. The predicted molar refractivity (Wildman–Crippen MR) is 372 cm³/mol. The summed E-state index contributed by atoms with van der Waals surface area (Å²) in [6.07, 6.45) is 39.4. The molecule has 88 heavy (non-hydrogen) atoms. The lowest BCUT2D eigenvalue weighted by molar-refractivity contribution is -0.383. The molecule has 2 unspecified atom stereocenters. The number of hydrogen-bond acceptors (Lipinski definition) is 7. The number of nitro groups is 1. The zero-order valence-corrected chi connectivity index (χ0v) is 53.3. The van der Waals surface area contributed by atoms with Gasteiger partial charge in [0.05, 0.1) is 21.6 Å². The lowest BCUT2D eigenvalue weighted by Crippen LogP contribution is -2.14. The summed E-state index contributed by atoms with van der Waals surface area (Å²) in [5, 5.41) is 18.8.